The summed E-state index contributed by atoms with van der Waals surface area (Å²) < 4.78 is 30.5. The second-order valence-electron chi connectivity index (χ2n) is 7.57. The minimum absolute atomic E-state index is 0. The van der Waals surface area contributed by atoms with Crippen molar-refractivity contribution in [1.82, 2.24) is 4.72 Å². The van der Waals surface area contributed by atoms with Crippen LogP contribution >= 0.6 is 11.8 Å². The van der Waals surface area contributed by atoms with Crippen molar-refractivity contribution in [1.29, 1.82) is 0 Å². The first-order valence-corrected chi connectivity index (χ1v) is 13.2. The maximum Gasteiger partial charge on any atom is 0.322 e. The van der Waals surface area contributed by atoms with E-state index in [0.717, 1.165) is 25.7 Å². The molecular formula is C23H41NO6S2. The van der Waals surface area contributed by atoms with Crippen LogP contribution in [0.5, 0.6) is 0 Å². The highest BCUT2D eigenvalue weighted by Gasteiger charge is 2.26. The van der Waals surface area contributed by atoms with Gasteiger partial charge in [0, 0.05) is 11.5 Å². The Morgan fingerprint density at radius 3 is 2.12 bits per heavy atom. The Hall–Kier alpha value is -1.58. The lowest BCUT2D eigenvalue weighted by Gasteiger charge is -2.14. The van der Waals surface area contributed by atoms with Crippen molar-refractivity contribution in [2.45, 2.75) is 73.8 Å². The van der Waals surface area contributed by atoms with E-state index in [9.17, 15) is 23.1 Å². The Morgan fingerprint density at radius 2 is 1.59 bits per heavy atom. The maximum absolute atomic E-state index is 11.9. The van der Waals surface area contributed by atoms with Gasteiger partial charge >= 0.3 is 11.9 Å². The van der Waals surface area contributed by atoms with E-state index in [4.69, 9.17) is 0 Å². The van der Waals surface area contributed by atoms with Crippen molar-refractivity contribution >= 4 is 33.7 Å². The third kappa shape index (κ3) is 18.0. The van der Waals surface area contributed by atoms with Crippen molar-refractivity contribution in [2.24, 2.45) is 0 Å². The van der Waals surface area contributed by atoms with E-state index < -0.39 is 33.8 Å². The number of carbonyl (C=O) groups is 2. The van der Waals surface area contributed by atoms with Crippen LogP contribution in [0.25, 0.3) is 0 Å². The van der Waals surface area contributed by atoms with Crippen LogP contribution in [0.1, 0.15) is 67.7 Å². The van der Waals surface area contributed by atoms with E-state index in [1.54, 1.807) is 6.92 Å². The first-order chi connectivity index (χ1) is 14.5. The quantitative estimate of drug-likeness (QED) is 0.183. The fourth-order valence-electron chi connectivity index (χ4n) is 2.50. The smallest absolute Gasteiger partial charge is 0.322 e. The molecule has 0 aromatic heterocycles. The highest BCUT2D eigenvalue weighted by Crippen LogP contribution is 2.13. The van der Waals surface area contributed by atoms with Gasteiger partial charge in [-0.05, 0) is 60.3 Å². The number of aliphatic carboxylic acids is 1. The Kier molecular flexibility index (Phi) is 18.2. The van der Waals surface area contributed by atoms with E-state index in [1.807, 2.05) is 13.0 Å². The molecular weight excluding hydrogens is 450 g/mol. The van der Waals surface area contributed by atoms with Gasteiger partial charge < -0.3 is 9.84 Å². The summed E-state index contributed by atoms with van der Waals surface area (Å²) in [7, 11) is -4.08. The van der Waals surface area contributed by atoms with E-state index in [2.05, 4.69) is 42.4 Å². The Bertz CT molecular complexity index is 765. The summed E-state index contributed by atoms with van der Waals surface area (Å²) in [6, 6.07) is -1.30. The van der Waals surface area contributed by atoms with E-state index in [0.29, 0.717) is 5.75 Å². The first kappa shape index (κ1) is 32.6. The molecule has 0 aliphatic heterocycles. The van der Waals surface area contributed by atoms with E-state index in [-0.39, 0.29) is 19.8 Å². The molecule has 32 heavy (non-hydrogen) atoms. The molecule has 0 unspecified atom stereocenters. The topological polar surface area (TPSA) is 110 Å². The average Bonchev–Trinajstić information content (AvgIpc) is 2.63. The highest BCUT2D eigenvalue weighted by atomic mass is 32.2. The lowest BCUT2D eigenvalue weighted by atomic mass is 10.1. The molecule has 186 valence electrons. The van der Waals surface area contributed by atoms with Crippen LogP contribution in [0.3, 0.4) is 0 Å². The predicted octanol–water partition coefficient (Wildman–Crippen LogP) is 4.71. The van der Waals surface area contributed by atoms with Crippen LogP contribution in [0.15, 0.2) is 34.9 Å². The zero-order valence-electron chi connectivity index (χ0n) is 19.3. The molecule has 0 aliphatic carbocycles. The van der Waals surface area contributed by atoms with E-state index in [1.165, 1.54) is 28.5 Å². The Labute approximate surface area is 198 Å². The molecule has 9 heteroatoms. The van der Waals surface area contributed by atoms with Gasteiger partial charge in [-0.25, -0.2) is 8.42 Å². The zero-order chi connectivity index (χ0) is 23.9. The number of carbonyl (C=O) groups excluding carboxylic acids is 1. The molecule has 2 N–H and O–H groups in total. The molecule has 0 saturated heterocycles. The van der Waals surface area contributed by atoms with Crippen LogP contribution in [0.4, 0.5) is 0 Å². The number of thioether (sulfide) groups is 1. The lowest BCUT2D eigenvalue weighted by molar-refractivity contribution is -0.140. The molecule has 0 rings (SSSR count). The Morgan fingerprint density at radius 1 is 1.03 bits per heavy atom. The van der Waals surface area contributed by atoms with Gasteiger partial charge in [0.25, 0.3) is 0 Å². The van der Waals surface area contributed by atoms with E-state index >= 15 is 0 Å². The number of sulfonamides is 1. The fourth-order valence-corrected chi connectivity index (χ4v) is 4.70. The molecule has 0 heterocycles. The van der Waals surface area contributed by atoms with Gasteiger partial charge in [0.1, 0.15) is 6.04 Å². The summed E-state index contributed by atoms with van der Waals surface area (Å²) >= 11 is 1.32. The molecule has 0 fully saturated rings. The Balaban J connectivity index is 0. The number of carboxylic acids is 1. The third-order valence-corrected chi connectivity index (χ3v) is 6.42. The predicted molar refractivity (Wildman–Crippen MR) is 134 cm³/mol. The number of carboxylic acid groups (broad SMARTS) is 1. The third-order valence-electron chi connectivity index (χ3n) is 4.19. The number of nitrogens with one attached hydrogen (secondary N) is 1. The number of ether oxygens (including phenoxy) is 1. The van der Waals surface area contributed by atoms with Gasteiger partial charge in [0.15, 0.2) is 5.75 Å². The molecule has 0 aromatic rings. The second kappa shape index (κ2) is 17.9. The van der Waals surface area contributed by atoms with Gasteiger partial charge in [-0.15, -0.1) is 0 Å². The minimum Gasteiger partial charge on any atom is -0.480 e. The summed E-state index contributed by atoms with van der Waals surface area (Å²) in [6.07, 6.45) is 10.5. The molecule has 0 amide bonds. The zero-order valence-corrected chi connectivity index (χ0v) is 20.9. The van der Waals surface area contributed by atoms with Crippen LogP contribution in [0.2, 0.25) is 0 Å². The van der Waals surface area contributed by atoms with Crippen molar-refractivity contribution < 1.29 is 27.9 Å². The molecule has 0 spiro atoms. The van der Waals surface area contributed by atoms with Crippen LogP contribution in [-0.4, -0.2) is 55.4 Å². The number of rotatable bonds is 16. The molecule has 1 atom stereocenters. The second-order valence-corrected chi connectivity index (χ2v) is 10.4. The molecule has 0 aliphatic rings. The number of esters is 1. The fraction of sp³-hybridized carbons (Fsp3) is 0.652. The van der Waals surface area contributed by atoms with Crippen molar-refractivity contribution in [3.63, 3.8) is 0 Å². The summed E-state index contributed by atoms with van der Waals surface area (Å²) in [4.78, 5) is 22.7. The molecule has 0 bridgehead atoms. The standard InChI is InChI=1S/C22H37NO6S2.CH4/c1-6-29-21(24)16-31(27,28)23-20(22(25)26)15-30-14-13-19(5)12-8-11-18(4)10-7-9-17(2)3;/h9,11,13,20,23H,6-8,10,12,14-16H2,1-5H3,(H,25,26);1H4/b18-11+,19-13+;/t20-;/m0./s1. The van der Waals surface area contributed by atoms with Gasteiger partial charge in [-0.3, -0.25) is 9.59 Å². The maximum atomic E-state index is 11.9. The highest BCUT2D eigenvalue weighted by molar-refractivity contribution is 7.99. The minimum atomic E-state index is -4.08. The van der Waals surface area contributed by atoms with Crippen molar-refractivity contribution in [2.75, 3.05) is 23.9 Å². The van der Waals surface area contributed by atoms with Gasteiger partial charge in [0.05, 0.1) is 6.61 Å². The number of allylic oxidation sites excluding steroid dienone is 5. The number of hydrogen-bond donors (Lipinski definition) is 2. The van der Waals surface area contributed by atoms with Gasteiger partial charge in [-0.2, -0.15) is 16.5 Å². The van der Waals surface area contributed by atoms with Gasteiger partial charge in [0.2, 0.25) is 10.0 Å². The lowest BCUT2D eigenvalue weighted by Crippen LogP contribution is -2.44. The molecule has 0 radical (unpaired) electrons. The molecule has 7 nitrogen and oxygen atoms in total. The first-order valence-electron chi connectivity index (χ1n) is 10.4. The monoisotopic (exact) mass is 491 g/mol. The van der Waals surface area contributed by atoms with Gasteiger partial charge in [-0.1, -0.05) is 42.4 Å². The summed E-state index contributed by atoms with van der Waals surface area (Å²) in [5.41, 5.74) is 3.91. The van der Waals surface area contributed by atoms with Crippen LogP contribution in [0, 0.1) is 0 Å². The summed E-state index contributed by atoms with van der Waals surface area (Å²) in [5.74, 6) is -2.44. The molecule has 0 aromatic carbocycles. The summed E-state index contributed by atoms with van der Waals surface area (Å²) in [5, 5.41) is 9.26. The van der Waals surface area contributed by atoms with Crippen molar-refractivity contribution in [3.8, 4) is 0 Å². The SMILES string of the molecule is C.CCOC(=O)CS(=O)(=O)N[C@@H](CSC/C=C(\C)CC/C=C(\C)CCC=C(C)C)C(=O)O. The van der Waals surface area contributed by atoms with Crippen molar-refractivity contribution in [3.05, 3.63) is 34.9 Å². The number of hydrogen-bond acceptors (Lipinski definition) is 6. The summed E-state index contributed by atoms with van der Waals surface area (Å²) in [6.45, 7) is 9.99. The average molecular weight is 492 g/mol. The van der Waals surface area contributed by atoms with Crippen LogP contribution in [-0.2, 0) is 24.3 Å². The normalized spacial score (nSPS) is 13.2. The molecule has 0 saturated carbocycles. The largest absolute Gasteiger partial charge is 0.480 e. The van der Waals surface area contributed by atoms with Crippen LogP contribution < -0.4 is 4.72 Å².